The molecule has 3 aliphatic heterocycles. The molecule has 1 fully saturated rings. The van der Waals surface area contributed by atoms with E-state index in [1.165, 1.54) is 6.07 Å². The number of nitrogens with one attached hydrogen (secondary N) is 2. The molecule has 224 valence electrons. The average Bonchev–Trinajstić information content (AvgIpc) is 3.20. The Labute approximate surface area is 230 Å². The molecular weight excluding hydrogens is 588 g/mol. The first kappa shape index (κ1) is 31.6. The lowest BCUT2D eigenvalue weighted by molar-refractivity contribution is -0.193. The van der Waals surface area contributed by atoms with Crippen LogP contribution < -0.4 is 15.5 Å². The lowest BCUT2D eigenvalue weighted by Crippen LogP contribution is -2.69. The van der Waals surface area contributed by atoms with Crippen LogP contribution in [0.4, 0.5) is 46.6 Å². The number of pyridine rings is 1. The van der Waals surface area contributed by atoms with Gasteiger partial charge in [-0.1, -0.05) is 12.2 Å². The third-order valence-corrected chi connectivity index (χ3v) is 6.24. The summed E-state index contributed by atoms with van der Waals surface area (Å²) in [6, 6.07) is 8.06. The number of piperidine rings is 1. The SMILES string of the molecule is N#Cc1ccc(F)c(F)c1N1CCC23C=Cc4cccnc4NC2(C1)N=CN3.O=C(O)C(F)(F)F.O=C(O)C(F)(F)F. The number of aliphatic imine (C=N–C) groups is 1. The van der Waals surface area contributed by atoms with Gasteiger partial charge in [-0.2, -0.15) is 31.6 Å². The van der Waals surface area contributed by atoms with Crippen LogP contribution in [0.2, 0.25) is 0 Å². The van der Waals surface area contributed by atoms with Gasteiger partial charge in [-0.15, -0.1) is 0 Å². The molecule has 2 aromatic rings. The number of hydrogen-bond donors (Lipinski definition) is 4. The average molecular weight is 606 g/mol. The summed E-state index contributed by atoms with van der Waals surface area (Å²) in [5.41, 5.74) is -0.395. The predicted octanol–water partition coefficient (Wildman–Crippen LogP) is 3.91. The van der Waals surface area contributed by atoms with Gasteiger partial charge in [0.05, 0.1) is 24.1 Å². The zero-order valence-electron chi connectivity index (χ0n) is 20.8. The van der Waals surface area contributed by atoms with Crippen LogP contribution in [0.25, 0.3) is 6.08 Å². The van der Waals surface area contributed by atoms with E-state index in [-0.39, 0.29) is 17.8 Å². The number of aromatic nitrogens is 1. The topological polar surface area (TPSA) is 151 Å². The van der Waals surface area contributed by atoms with Gasteiger partial charge in [0.15, 0.2) is 17.3 Å². The third-order valence-electron chi connectivity index (χ3n) is 6.24. The number of benzene rings is 1. The fourth-order valence-electron chi connectivity index (χ4n) is 4.29. The molecule has 0 aliphatic carbocycles. The first-order chi connectivity index (χ1) is 19.5. The minimum atomic E-state index is -5.08. The van der Waals surface area contributed by atoms with E-state index in [9.17, 15) is 40.4 Å². The Hall–Kier alpha value is -4.95. The molecule has 2 atom stereocenters. The van der Waals surface area contributed by atoms with Crippen molar-refractivity contribution in [3.05, 3.63) is 59.3 Å². The molecule has 42 heavy (non-hydrogen) atoms. The van der Waals surface area contributed by atoms with Crippen molar-refractivity contribution in [3.8, 4) is 6.07 Å². The summed E-state index contributed by atoms with van der Waals surface area (Å²) < 4.78 is 92.0. The summed E-state index contributed by atoms with van der Waals surface area (Å²) in [6.07, 6.45) is -2.20. The molecule has 18 heteroatoms. The summed E-state index contributed by atoms with van der Waals surface area (Å²) in [7, 11) is 0. The van der Waals surface area contributed by atoms with E-state index >= 15 is 0 Å². The van der Waals surface area contributed by atoms with E-state index in [4.69, 9.17) is 19.8 Å². The highest BCUT2D eigenvalue weighted by atomic mass is 19.4. The molecule has 3 aliphatic rings. The Morgan fingerprint density at radius 1 is 1.05 bits per heavy atom. The van der Waals surface area contributed by atoms with Crippen LogP contribution in [0.1, 0.15) is 17.5 Å². The van der Waals surface area contributed by atoms with E-state index in [1.54, 1.807) is 17.4 Å². The van der Waals surface area contributed by atoms with Crippen molar-refractivity contribution in [2.24, 2.45) is 4.99 Å². The number of nitrogens with zero attached hydrogens (tertiary/aromatic N) is 4. The van der Waals surface area contributed by atoms with Crippen LogP contribution in [0.3, 0.4) is 0 Å². The molecule has 0 bridgehead atoms. The largest absolute Gasteiger partial charge is 0.490 e. The minimum absolute atomic E-state index is 0.0242. The Morgan fingerprint density at radius 3 is 2.24 bits per heavy atom. The number of aliphatic carboxylic acids is 2. The Bertz CT molecular complexity index is 1450. The van der Waals surface area contributed by atoms with Crippen LogP contribution in [0.5, 0.6) is 0 Å². The van der Waals surface area contributed by atoms with Crippen LogP contribution in [-0.4, -0.2) is 70.1 Å². The van der Waals surface area contributed by atoms with E-state index in [0.717, 1.165) is 11.6 Å². The highest BCUT2D eigenvalue weighted by Crippen LogP contribution is 2.44. The van der Waals surface area contributed by atoms with Gasteiger partial charge in [0.25, 0.3) is 0 Å². The van der Waals surface area contributed by atoms with Crippen LogP contribution in [-0.2, 0) is 9.59 Å². The van der Waals surface area contributed by atoms with Gasteiger partial charge in [0, 0.05) is 18.3 Å². The van der Waals surface area contributed by atoms with Crippen molar-refractivity contribution >= 4 is 35.9 Å². The molecule has 0 spiro atoms. The van der Waals surface area contributed by atoms with Gasteiger partial charge >= 0.3 is 24.3 Å². The third kappa shape index (κ3) is 6.34. The number of rotatable bonds is 1. The number of alkyl halides is 6. The first-order valence-corrected chi connectivity index (χ1v) is 11.4. The highest BCUT2D eigenvalue weighted by molar-refractivity contribution is 5.75. The number of carboxylic acids is 2. The van der Waals surface area contributed by atoms with Crippen molar-refractivity contribution in [1.82, 2.24) is 10.3 Å². The summed E-state index contributed by atoms with van der Waals surface area (Å²) in [6.45, 7) is 0.675. The molecule has 4 N–H and O–H groups in total. The highest BCUT2D eigenvalue weighted by Gasteiger charge is 2.57. The smallest absolute Gasteiger partial charge is 0.475 e. The molecule has 4 heterocycles. The number of carbonyl (C=O) groups is 2. The number of fused-ring (bicyclic) bond motifs is 1. The zero-order chi connectivity index (χ0) is 31.5. The van der Waals surface area contributed by atoms with E-state index < -0.39 is 47.1 Å². The molecule has 0 saturated carbocycles. The quantitative estimate of drug-likeness (QED) is 0.354. The van der Waals surface area contributed by atoms with E-state index in [0.29, 0.717) is 18.8 Å². The van der Waals surface area contributed by atoms with Gasteiger partial charge in [0.2, 0.25) is 0 Å². The second kappa shape index (κ2) is 11.5. The lowest BCUT2D eigenvalue weighted by atomic mass is 9.78. The van der Waals surface area contributed by atoms with Crippen molar-refractivity contribution < 1.29 is 54.9 Å². The van der Waals surface area contributed by atoms with Gasteiger partial charge in [0.1, 0.15) is 17.4 Å². The number of nitriles is 1. The lowest BCUT2D eigenvalue weighted by Gasteiger charge is -2.50. The normalized spacial score (nSPS) is 21.7. The monoisotopic (exact) mass is 606 g/mol. The standard InChI is InChI=1S/C20H16F2N6.2C2HF3O2/c21-15-4-3-14(10-23)17(16(15)22)28-9-7-19-6-5-13-2-1-8-24-18(13)27-20(19,11-28)26-12-25-19;2*3-2(4,5)1(6)7/h1-6,8,12H,7,9,11H2,(H,24,27)(H,25,26);2*(H,6,7). The Kier molecular flexibility index (Phi) is 8.65. The van der Waals surface area contributed by atoms with Crippen molar-refractivity contribution in [3.63, 3.8) is 0 Å². The van der Waals surface area contributed by atoms with Gasteiger partial charge in [-0.25, -0.2) is 28.3 Å². The first-order valence-electron chi connectivity index (χ1n) is 11.4. The molecule has 5 rings (SSSR count). The minimum Gasteiger partial charge on any atom is -0.475 e. The zero-order valence-corrected chi connectivity index (χ0v) is 20.8. The van der Waals surface area contributed by atoms with Crippen molar-refractivity contribution in [2.75, 3.05) is 23.3 Å². The van der Waals surface area contributed by atoms with Gasteiger partial charge in [-0.05, 0) is 30.7 Å². The molecule has 0 amide bonds. The van der Waals surface area contributed by atoms with Crippen LogP contribution >= 0.6 is 0 Å². The fraction of sp³-hybridized carbons (Fsp3) is 0.292. The number of hydrogen-bond acceptors (Lipinski definition) is 8. The summed E-state index contributed by atoms with van der Waals surface area (Å²) >= 11 is 0. The second-order valence-electron chi connectivity index (χ2n) is 8.78. The molecule has 10 nitrogen and oxygen atoms in total. The van der Waals surface area contributed by atoms with E-state index in [2.05, 4.69) is 26.7 Å². The molecule has 0 radical (unpaired) electrons. The van der Waals surface area contributed by atoms with Gasteiger partial charge in [-0.3, -0.25) is 0 Å². The number of anilines is 2. The number of carboxylic acid groups (broad SMARTS) is 2. The summed E-state index contributed by atoms with van der Waals surface area (Å²) in [4.78, 5) is 28.6. The molecule has 1 saturated heterocycles. The fourth-order valence-corrected chi connectivity index (χ4v) is 4.29. The van der Waals surface area contributed by atoms with Crippen LogP contribution in [0, 0.1) is 23.0 Å². The molecule has 2 unspecified atom stereocenters. The Balaban J connectivity index is 0.000000289. The van der Waals surface area contributed by atoms with E-state index in [1.807, 2.05) is 24.3 Å². The van der Waals surface area contributed by atoms with Gasteiger partial charge < -0.3 is 25.7 Å². The molecule has 1 aromatic carbocycles. The number of halogens is 8. The maximum atomic E-state index is 14.6. The van der Waals surface area contributed by atoms with Crippen molar-refractivity contribution in [1.29, 1.82) is 5.26 Å². The second-order valence-corrected chi connectivity index (χ2v) is 8.78. The molecule has 1 aromatic heterocycles. The summed E-state index contributed by atoms with van der Waals surface area (Å²) in [5.74, 6) is -6.83. The molecular formula is C24H18F8N6O4. The van der Waals surface area contributed by atoms with Crippen molar-refractivity contribution in [2.45, 2.75) is 30.0 Å². The summed E-state index contributed by atoms with van der Waals surface area (Å²) in [5, 5.41) is 30.4. The van der Waals surface area contributed by atoms with Crippen LogP contribution in [0.15, 0.2) is 41.5 Å². The maximum Gasteiger partial charge on any atom is 0.490 e. The predicted molar refractivity (Wildman–Crippen MR) is 129 cm³/mol. The Morgan fingerprint density at radius 2 is 1.67 bits per heavy atom. The maximum absolute atomic E-state index is 14.6.